The van der Waals surface area contributed by atoms with Gasteiger partial charge in [-0.1, -0.05) is 11.6 Å². The Balaban J connectivity index is 2.00. The monoisotopic (exact) mass is 453 g/mol. The van der Waals surface area contributed by atoms with Crippen LogP contribution in [-0.2, 0) is 6.18 Å². The maximum atomic E-state index is 13.4. The molecule has 0 saturated heterocycles. The van der Waals surface area contributed by atoms with Crippen molar-refractivity contribution in [1.82, 2.24) is 4.98 Å². The van der Waals surface area contributed by atoms with Crippen molar-refractivity contribution < 1.29 is 27.1 Å². The molecule has 5 nitrogen and oxygen atoms in total. The Morgan fingerprint density at radius 3 is 2.32 bits per heavy atom. The highest BCUT2D eigenvalue weighted by Gasteiger charge is 2.32. The number of nitrogens with zero attached hydrogens (tertiary/aromatic N) is 1. The summed E-state index contributed by atoms with van der Waals surface area (Å²) in [7, 11) is 1.38. The van der Waals surface area contributed by atoms with Crippen LogP contribution in [0.2, 0.25) is 5.15 Å². The summed E-state index contributed by atoms with van der Waals surface area (Å²) in [5.74, 6) is -1.10. The number of rotatable bonds is 5. The van der Waals surface area contributed by atoms with E-state index in [0.717, 1.165) is 18.2 Å². The average Bonchev–Trinajstić information content (AvgIpc) is 2.70. The fourth-order valence-electron chi connectivity index (χ4n) is 2.74. The number of hydrogen-bond donors (Lipinski definition) is 2. The Hall–Kier alpha value is -3.33. The zero-order chi connectivity index (χ0) is 22.8. The van der Waals surface area contributed by atoms with Gasteiger partial charge < -0.3 is 15.4 Å². The summed E-state index contributed by atoms with van der Waals surface area (Å²) in [6.07, 6.45) is -4.65. The first-order valence-corrected chi connectivity index (χ1v) is 9.22. The normalized spacial score (nSPS) is 11.2. The van der Waals surface area contributed by atoms with Crippen LogP contribution in [0.1, 0.15) is 21.5 Å². The molecule has 0 aliphatic carbocycles. The van der Waals surface area contributed by atoms with Crippen molar-refractivity contribution in [2.24, 2.45) is 0 Å². The minimum Gasteiger partial charge on any atom is -0.481 e. The van der Waals surface area contributed by atoms with E-state index in [2.05, 4.69) is 15.6 Å². The number of pyridine rings is 1. The van der Waals surface area contributed by atoms with E-state index in [4.69, 9.17) is 16.3 Å². The fraction of sp³-hybridized carbons (Fsp3) is 0.143. The molecule has 0 saturated carbocycles. The van der Waals surface area contributed by atoms with Crippen LogP contribution in [0.5, 0.6) is 5.88 Å². The van der Waals surface area contributed by atoms with Gasteiger partial charge in [-0.25, -0.2) is 4.39 Å². The third-order valence-corrected chi connectivity index (χ3v) is 4.62. The summed E-state index contributed by atoms with van der Waals surface area (Å²) in [6.45, 7) is 1.62. The van der Waals surface area contributed by atoms with Crippen LogP contribution in [0.25, 0.3) is 0 Å². The molecule has 10 heteroatoms. The quantitative estimate of drug-likeness (QED) is 0.356. The van der Waals surface area contributed by atoms with Gasteiger partial charge in [-0.2, -0.15) is 18.2 Å². The van der Waals surface area contributed by atoms with Crippen molar-refractivity contribution in [2.75, 3.05) is 17.7 Å². The first-order valence-electron chi connectivity index (χ1n) is 8.85. The zero-order valence-electron chi connectivity index (χ0n) is 16.3. The van der Waals surface area contributed by atoms with Crippen molar-refractivity contribution in [1.29, 1.82) is 0 Å². The third-order valence-electron chi connectivity index (χ3n) is 4.33. The predicted molar refractivity (Wildman–Crippen MR) is 110 cm³/mol. The molecule has 0 bridgehead atoms. The Morgan fingerprint density at radius 2 is 1.71 bits per heavy atom. The molecule has 2 N–H and O–H groups in total. The Labute approximate surface area is 180 Å². The van der Waals surface area contributed by atoms with Gasteiger partial charge in [0, 0.05) is 11.8 Å². The first kappa shape index (κ1) is 22.4. The van der Waals surface area contributed by atoms with Crippen molar-refractivity contribution in [3.8, 4) is 5.88 Å². The maximum absolute atomic E-state index is 13.4. The number of carbonyl (C=O) groups is 1. The van der Waals surface area contributed by atoms with E-state index in [1.54, 1.807) is 6.92 Å². The predicted octanol–water partition coefficient (Wildman–Crippen LogP) is 6.21. The van der Waals surface area contributed by atoms with E-state index in [0.29, 0.717) is 11.3 Å². The fourth-order valence-corrected chi connectivity index (χ4v) is 2.94. The number of amides is 1. The van der Waals surface area contributed by atoms with Gasteiger partial charge in [-0.3, -0.25) is 4.79 Å². The van der Waals surface area contributed by atoms with Crippen molar-refractivity contribution in [3.63, 3.8) is 0 Å². The SMILES string of the molecule is COc1ccc(NC(=O)c2cc(C(F)(F)F)ccc2Nc2ccc(F)cc2C)c(Cl)n1. The summed E-state index contributed by atoms with van der Waals surface area (Å²) in [5.41, 5.74) is -0.164. The van der Waals surface area contributed by atoms with E-state index in [-0.39, 0.29) is 28.0 Å². The zero-order valence-corrected chi connectivity index (χ0v) is 17.0. The largest absolute Gasteiger partial charge is 0.481 e. The van der Waals surface area contributed by atoms with Gasteiger partial charge in [-0.05, 0) is 55.0 Å². The van der Waals surface area contributed by atoms with E-state index in [9.17, 15) is 22.4 Å². The number of halogens is 5. The Morgan fingerprint density at radius 1 is 1.03 bits per heavy atom. The number of hydrogen-bond acceptors (Lipinski definition) is 4. The Bertz CT molecular complexity index is 1140. The summed E-state index contributed by atoms with van der Waals surface area (Å²) in [5, 5.41) is 5.24. The van der Waals surface area contributed by atoms with Gasteiger partial charge in [-0.15, -0.1) is 0 Å². The molecule has 0 aliphatic rings. The van der Waals surface area contributed by atoms with Crippen molar-refractivity contribution >= 4 is 34.6 Å². The van der Waals surface area contributed by atoms with Crippen LogP contribution >= 0.6 is 11.6 Å². The lowest BCUT2D eigenvalue weighted by Gasteiger charge is -2.17. The maximum Gasteiger partial charge on any atom is 0.416 e. The molecule has 0 unspecified atom stereocenters. The van der Waals surface area contributed by atoms with Crippen LogP contribution < -0.4 is 15.4 Å². The minimum atomic E-state index is -4.65. The molecular formula is C21H16ClF4N3O2. The lowest BCUT2D eigenvalue weighted by Crippen LogP contribution is -2.16. The third kappa shape index (κ3) is 5.24. The number of benzene rings is 2. The van der Waals surface area contributed by atoms with Crippen LogP contribution in [0.4, 0.5) is 34.6 Å². The van der Waals surface area contributed by atoms with Gasteiger partial charge in [0.1, 0.15) is 5.82 Å². The molecular weight excluding hydrogens is 438 g/mol. The van der Waals surface area contributed by atoms with Gasteiger partial charge in [0.25, 0.3) is 5.91 Å². The van der Waals surface area contributed by atoms with Crippen LogP contribution in [0.15, 0.2) is 48.5 Å². The van der Waals surface area contributed by atoms with Gasteiger partial charge in [0.15, 0.2) is 5.15 Å². The number of anilines is 3. The summed E-state index contributed by atoms with van der Waals surface area (Å²) in [6, 6.07) is 9.44. The van der Waals surface area contributed by atoms with E-state index < -0.39 is 23.5 Å². The number of aryl methyl sites for hydroxylation is 1. The number of alkyl halides is 3. The lowest BCUT2D eigenvalue weighted by atomic mass is 10.1. The molecule has 2 aromatic carbocycles. The topological polar surface area (TPSA) is 63.2 Å². The standard InChI is InChI=1S/C21H16ClF4N3O2/c1-11-9-13(23)4-6-15(11)27-16-5-3-12(21(24,25)26)10-14(16)20(30)28-17-7-8-18(31-2)29-19(17)22/h3-10,27H,1-2H3,(H,28,30). The highest BCUT2D eigenvalue weighted by molar-refractivity contribution is 6.32. The second kappa shape index (κ2) is 8.81. The van der Waals surface area contributed by atoms with Crippen LogP contribution in [0, 0.1) is 12.7 Å². The highest BCUT2D eigenvalue weighted by Crippen LogP contribution is 2.34. The molecule has 0 atom stereocenters. The number of methoxy groups -OCH3 is 1. The number of nitrogens with one attached hydrogen (secondary N) is 2. The highest BCUT2D eigenvalue weighted by atomic mass is 35.5. The summed E-state index contributed by atoms with van der Waals surface area (Å²) < 4.78 is 58.0. The molecule has 0 spiro atoms. The second-order valence-corrected chi connectivity index (χ2v) is 6.85. The van der Waals surface area contributed by atoms with E-state index >= 15 is 0 Å². The van der Waals surface area contributed by atoms with Crippen molar-refractivity contribution in [3.05, 3.63) is 76.2 Å². The first-order chi connectivity index (χ1) is 14.6. The summed E-state index contributed by atoms with van der Waals surface area (Å²) in [4.78, 5) is 16.8. The van der Waals surface area contributed by atoms with Gasteiger partial charge >= 0.3 is 6.18 Å². The molecule has 3 aromatic rings. The average molecular weight is 454 g/mol. The van der Waals surface area contributed by atoms with Crippen LogP contribution in [0.3, 0.4) is 0 Å². The molecule has 31 heavy (non-hydrogen) atoms. The molecule has 1 amide bonds. The smallest absolute Gasteiger partial charge is 0.416 e. The van der Waals surface area contributed by atoms with Gasteiger partial charge in [0.2, 0.25) is 5.88 Å². The molecule has 3 rings (SSSR count). The molecule has 1 aromatic heterocycles. The molecule has 0 aliphatic heterocycles. The van der Waals surface area contributed by atoms with Crippen LogP contribution in [-0.4, -0.2) is 18.0 Å². The lowest BCUT2D eigenvalue weighted by molar-refractivity contribution is -0.137. The van der Waals surface area contributed by atoms with Gasteiger partial charge in [0.05, 0.1) is 29.6 Å². The second-order valence-electron chi connectivity index (χ2n) is 6.49. The molecule has 0 radical (unpaired) electrons. The molecule has 162 valence electrons. The number of ether oxygens (including phenoxy) is 1. The molecule has 1 heterocycles. The molecule has 0 fully saturated rings. The minimum absolute atomic E-state index is 0.0915. The van der Waals surface area contributed by atoms with E-state index in [1.807, 2.05) is 0 Å². The summed E-state index contributed by atoms with van der Waals surface area (Å²) >= 11 is 6.01. The Kier molecular flexibility index (Phi) is 6.35. The number of aromatic nitrogens is 1. The van der Waals surface area contributed by atoms with Crippen molar-refractivity contribution in [2.45, 2.75) is 13.1 Å². The van der Waals surface area contributed by atoms with E-state index in [1.165, 1.54) is 37.4 Å². The number of carbonyl (C=O) groups excluding carboxylic acids is 1.